The van der Waals surface area contributed by atoms with Crippen molar-refractivity contribution in [2.24, 2.45) is 0 Å². The van der Waals surface area contributed by atoms with Crippen molar-refractivity contribution in [2.75, 3.05) is 6.61 Å². The number of carbonyl (C=O) groups is 2. The van der Waals surface area contributed by atoms with Crippen molar-refractivity contribution in [3.63, 3.8) is 0 Å². The summed E-state index contributed by atoms with van der Waals surface area (Å²) in [4.78, 5) is 27.7. The molecule has 18 heavy (non-hydrogen) atoms. The molecule has 0 spiro atoms. The van der Waals surface area contributed by atoms with Gasteiger partial charge in [0.15, 0.2) is 0 Å². The molecule has 1 aliphatic rings. The quantitative estimate of drug-likeness (QED) is 0.818. The van der Waals surface area contributed by atoms with Gasteiger partial charge in [-0.2, -0.15) is 0 Å². The average Bonchev–Trinajstić information content (AvgIpc) is 2.78. The van der Waals surface area contributed by atoms with Gasteiger partial charge in [0.1, 0.15) is 12.3 Å². The number of carboxylic acid groups (broad SMARTS) is 1. The smallest absolute Gasteiger partial charge is 0.410 e. The number of aromatic nitrogens is 1. The SMILES string of the molecule is C=CCOC(=O)N1Cc2cnc(C(=O)O)cc2C1. The molecule has 0 saturated carbocycles. The second-order valence-corrected chi connectivity index (χ2v) is 3.87. The molecule has 6 heteroatoms. The zero-order chi connectivity index (χ0) is 13.1. The number of pyridine rings is 1. The van der Waals surface area contributed by atoms with Crippen LogP contribution in [-0.2, 0) is 17.8 Å². The Morgan fingerprint density at radius 2 is 2.22 bits per heavy atom. The maximum Gasteiger partial charge on any atom is 0.410 e. The van der Waals surface area contributed by atoms with Gasteiger partial charge in [0, 0.05) is 12.7 Å². The Kier molecular flexibility index (Phi) is 3.27. The topological polar surface area (TPSA) is 79.7 Å². The maximum absolute atomic E-state index is 11.6. The molecule has 1 aromatic heterocycles. The molecule has 94 valence electrons. The molecule has 1 N–H and O–H groups in total. The molecule has 1 amide bonds. The minimum Gasteiger partial charge on any atom is -0.477 e. The summed E-state index contributed by atoms with van der Waals surface area (Å²) in [7, 11) is 0. The predicted molar refractivity (Wildman–Crippen MR) is 62.0 cm³/mol. The van der Waals surface area contributed by atoms with E-state index in [4.69, 9.17) is 9.84 Å². The zero-order valence-corrected chi connectivity index (χ0v) is 9.63. The largest absolute Gasteiger partial charge is 0.477 e. The van der Waals surface area contributed by atoms with Crippen molar-refractivity contribution in [1.29, 1.82) is 0 Å². The highest BCUT2D eigenvalue weighted by Gasteiger charge is 2.25. The number of rotatable bonds is 3. The zero-order valence-electron chi connectivity index (χ0n) is 9.63. The van der Waals surface area contributed by atoms with Gasteiger partial charge in [-0.1, -0.05) is 12.7 Å². The van der Waals surface area contributed by atoms with E-state index in [1.165, 1.54) is 23.2 Å². The number of carboxylic acids is 1. The fourth-order valence-electron chi connectivity index (χ4n) is 1.75. The van der Waals surface area contributed by atoms with Crippen molar-refractivity contribution in [1.82, 2.24) is 9.88 Å². The molecule has 0 radical (unpaired) electrons. The van der Waals surface area contributed by atoms with E-state index < -0.39 is 12.1 Å². The van der Waals surface area contributed by atoms with E-state index in [0.717, 1.165) is 11.1 Å². The molecular formula is C12H12N2O4. The molecule has 1 aliphatic heterocycles. The van der Waals surface area contributed by atoms with Crippen molar-refractivity contribution >= 4 is 12.1 Å². The Balaban J connectivity index is 2.10. The van der Waals surface area contributed by atoms with E-state index in [2.05, 4.69) is 11.6 Å². The van der Waals surface area contributed by atoms with Gasteiger partial charge in [-0.25, -0.2) is 14.6 Å². The second kappa shape index (κ2) is 4.87. The van der Waals surface area contributed by atoms with Gasteiger partial charge in [0.25, 0.3) is 0 Å². The average molecular weight is 248 g/mol. The van der Waals surface area contributed by atoms with Gasteiger partial charge >= 0.3 is 12.1 Å². The van der Waals surface area contributed by atoms with Crippen LogP contribution in [0, 0.1) is 0 Å². The first-order chi connectivity index (χ1) is 8.61. The third-order valence-corrected chi connectivity index (χ3v) is 2.61. The molecule has 0 unspecified atom stereocenters. The first-order valence-corrected chi connectivity index (χ1v) is 5.35. The van der Waals surface area contributed by atoms with E-state index in [0.29, 0.717) is 13.1 Å². The predicted octanol–water partition coefficient (Wildman–Crippen LogP) is 1.42. The van der Waals surface area contributed by atoms with Gasteiger partial charge in [0.2, 0.25) is 0 Å². The fraction of sp³-hybridized carbons (Fsp3) is 0.250. The molecule has 6 nitrogen and oxygen atoms in total. The van der Waals surface area contributed by atoms with Crippen molar-refractivity contribution in [2.45, 2.75) is 13.1 Å². The van der Waals surface area contributed by atoms with Crippen molar-refractivity contribution < 1.29 is 19.4 Å². The summed E-state index contributed by atoms with van der Waals surface area (Å²) in [5.74, 6) is -1.08. The molecular weight excluding hydrogens is 236 g/mol. The van der Waals surface area contributed by atoms with Crippen LogP contribution in [0.3, 0.4) is 0 Å². The Hall–Kier alpha value is -2.37. The van der Waals surface area contributed by atoms with Crippen LogP contribution in [0.1, 0.15) is 21.6 Å². The van der Waals surface area contributed by atoms with Crippen molar-refractivity contribution in [3.8, 4) is 0 Å². The Bertz CT molecular complexity index is 513. The molecule has 0 saturated heterocycles. The molecule has 2 heterocycles. The number of carbonyl (C=O) groups excluding carboxylic acids is 1. The van der Waals surface area contributed by atoms with Gasteiger partial charge in [-0.3, -0.25) is 4.90 Å². The Morgan fingerprint density at radius 3 is 2.89 bits per heavy atom. The molecule has 1 aromatic rings. The molecule has 0 aliphatic carbocycles. The van der Waals surface area contributed by atoms with Crippen LogP contribution in [0.15, 0.2) is 24.9 Å². The first-order valence-electron chi connectivity index (χ1n) is 5.35. The third kappa shape index (κ3) is 2.32. The van der Waals surface area contributed by atoms with Crippen LogP contribution in [0.25, 0.3) is 0 Å². The van der Waals surface area contributed by atoms with E-state index in [-0.39, 0.29) is 12.3 Å². The minimum atomic E-state index is -1.08. The molecule has 2 rings (SSSR count). The Labute approximate surface area is 104 Å². The maximum atomic E-state index is 11.6. The lowest BCUT2D eigenvalue weighted by atomic mass is 10.1. The number of aromatic carboxylic acids is 1. The number of nitrogens with zero attached hydrogens (tertiary/aromatic N) is 2. The van der Waals surface area contributed by atoms with Crippen LogP contribution < -0.4 is 0 Å². The molecule has 0 fully saturated rings. The lowest BCUT2D eigenvalue weighted by Gasteiger charge is -2.14. The van der Waals surface area contributed by atoms with Gasteiger partial charge in [0.05, 0.1) is 6.54 Å². The fourth-order valence-corrected chi connectivity index (χ4v) is 1.75. The number of hydrogen-bond acceptors (Lipinski definition) is 4. The summed E-state index contributed by atoms with van der Waals surface area (Å²) in [6.07, 6.45) is 2.54. The monoisotopic (exact) mass is 248 g/mol. The van der Waals surface area contributed by atoms with Crippen LogP contribution in [0.5, 0.6) is 0 Å². The van der Waals surface area contributed by atoms with E-state index >= 15 is 0 Å². The van der Waals surface area contributed by atoms with E-state index in [9.17, 15) is 9.59 Å². The number of ether oxygens (including phenoxy) is 1. The lowest BCUT2D eigenvalue weighted by molar-refractivity contribution is 0.0690. The Morgan fingerprint density at radius 1 is 1.50 bits per heavy atom. The van der Waals surface area contributed by atoms with E-state index in [1.807, 2.05) is 0 Å². The van der Waals surface area contributed by atoms with Crippen LogP contribution in [0.2, 0.25) is 0 Å². The highest BCUT2D eigenvalue weighted by molar-refractivity contribution is 5.85. The summed E-state index contributed by atoms with van der Waals surface area (Å²) in [5.41, 5.74) is 1.61. The molecule has 0 bridgehead atoms. The third-order valence-electron chi connectivity index (χ3n) is 2.61. The van der Waals surface area contributed by atoms with E-state index in [1.54, 1.807) is 0 Å². The highest BCUT2D eigenvalue weighted by Crippen LogP contribution is 2.23. The van der Waals surface area contributed by atoms with Crippen LogP contribution >= 0.6 is 0 Å². The minimum absolute atomic E-state index is 0.0185. The van der Waals surface area contributed by atoms with Gasteiger partial charge < -0.3 is 9.84 Å². The normalized spacial score (nSPS) is 13.0. The number of amides is 1. The summed E-state index contributed by atoms with van der Waals surface area (Å²) in [6.45, 7) is 4.34. The molecule has 0 aromatic carbocycles. The standard InChI is InChI=1S/C12H12N2O4/c1-2-3-18-12(17)14-6-8-4-10(11(15)16)13-5-9(8)7-14/h2,4-5H,1,3,6-7H2,(H,15,16). The second-order valence-electron chi connectivity index (χ2n) is 3.87. The number of fused-ring (bicyclic) bond motifs is 1. The van der Waals surface area contributed by atoms with Gasteiger partial charge in [-0.05, 0) is 17.2 Å². The van der Waals surface area contributed by atoms with Crippen LogP contribution in [-0.4, -0.2) is 33.7 Å². The lowest BCUT2D eigenvalue weighted by Crippen LogP contribution is -2.26. The van der Waals surface area contributed by atoms with Crippen molar-refractivity contribution in [3.05, 3.63) is 41.7 Å². The summed E-state index contributed by atoms with van der Waals surface area (Å²) in [5, 5.41) is 8.83. The molecule has 0 atom stereocenters. The summed E-state index contributed by atoms with van der Waals surface area (Å²) < 4.78 is 4.92. The van der Waals surface area contributed by atoms with Crippen LogP contribution in [0.4, 0.5) is 4.79 Å². The summed E-state index contributed by atoms with van der Waals surface area (Å²) in [6, 6.07) is 1.48. The highest BCUT2D eigenvalue weighted by atomic mass is 16.6. The number of hydrogen-bond donors (Lipinski definition) is 1. The summed E-state index contributed by atoms with van der Waals surface area (Å²) >= 11 is 0. The first kappa shape index (κ1) is 12.1. The van der Waals surface area contributed by atoms with Gasteiger partial charge in [-0.15, -0.1) is 0 Å².